The molecule has 1 aromatic heterocycles. The molecule has 2 aliphatic carbocycles. The molecule has 1 aromatic rings. The molecule has 0 saturated heterocycles. The molecule has 0 spiro atoms. The fourth-order valence-electron chi connectivity index (χ4n) is 3.88. The molecule has 4 nitrogen and oxygen atoms in total. The van der Waals surface area contributed by atoms with Crippen molar-refractivity contribution in [2.45, 2.75) is 69.4 Å². The normalized spacial score (nSPS) is 25.1. The summed E-state index contributed by atoms with van der Waals surface area (Å²) < 4.78 is 5.90. The number of nitrogens with zero attached hydrogens (tertiary/aromatic N) is 2. The van der Waals surface area contributed by atoms with Gasteiger partial charge in [-0.05, 0) is 39.2 Å². The number of aromatic nitrogens is 2. The fraction of sp³-hybridized carbons (Fsp3) is 0.765. The Morgan fingerprint density at radius 1 is 1.19 bits per heavy atom. The smallest absolute Gasteiger partial charge is 0.160 e. The van der Waals surface area contributed by atoms with Crippen LogP contribution in [0.5, 0.6) is 0 Å². The number of aryl methyl sites for hydroxylation is 1. The maximum Gasteiger partial charge on any atom is 0.160 e. The van der Waals surface area contributed by atoms with Crippen LogP contribution in [0.25, 0.3) is 0 Å². The first-order chi connectivity index (χ1) is 10.3. The van der Waals surface area contributed by atoms with Gasteiger partial charge in [0.25, 0.3) is 0 Å². The molecule has 1 saturated carbocycles. The molecule has 1 fully saturated rings. The van der Waals surface area contributed by atoms with Crippen molar-refractivity contribution in [3.63, 3.8) is 0 Å². The molecule has 0 aliphatic heterocycles. The lowest BCUT2D eigenvalue weighted by Crippen LogP contribution is -2.34. The van der Waals surface area contributed by atoms with Crippen molar-refractivity contribution in [3.05, 3.63) is 23.3 Å². The zero-order valence-electron chi connectivity index (χ0n) is 13.3. The maximum atomic E-state index is 5.90. The van der Waals surface area contributed by atoms with Gasteiger partial charge in [0.15, 0.2) is 5.82 Å². The monoisotopic (exact) mass is 289 g/mol. The summed E-state index contributed by atoms with van der Waals surface area (Å²) in [7, 11) is 3.85. The summed E-state index contributed by atoms with van der Waals surface area (Å²) in [6, 6.07) is 0.404. The van der Waals surface area contributed by atoms with E-state index < -0.39 is 0 Å². The minimum atomic E-state index is -0.241. The van der Waals surface area contributed by atoms with Crippen LogP contribution >= 0.6 is 0 Å². The third-order valence-corrected chi connectivity index (χ3v) is 5.24. The summed E-state index contributed by atoms with van der Waals surface area (Å²) in [5.41, 5.74) is 2.29. The lowest BCUT2D eigenvalue weighted by molar-refractivity contribution is -0.0516. The number of methoxy groups -OCH3 is 1. The minimum absolute atomic E-state index is 0.241. The van der Waals surface area contributed by atoms with Gasteiger partial charge in [-0.1, -0.05) is 25.7 Å². The summed E-state index contributed by atoms with van der Waals surface area (Å²) in [5.74, 6) is 0.917. The standard InChI is InChI=1S/C17H27N3O/c1-18-14-8-4-5-9-15-13(14)12-19-16(20-15)17(21-2)10-6-3-7-11-17/h12,14,18H,3-11H2,1-2H3. The van der Waals surface area contributed by atoms with Crippen molar-refractivity contribution in [1.29, 1.82) is 0 Å². The molecule has 0 aromatic carbocycles. The molecule has 3 rings (SSSR count). The number of fused-ring (bicyclic) bond motifs is 1. The van der Waals surface area contributed by atoms with Gasteiger partial charge in [0, 0.05) is 30.6 Å². The highest BCUT2D eigenvalue weighted by Crippen LogP contribution is 2.39. The minimum Gasteiger partial charge on any atom is -0.370 e. The van der Waals surface area contributed by atoms with Gasteiger partial charge < -0.3 is 10.1 Å². The van der Waals surface area contributed by atoms with E-state index in [1.54, 1.807) is 0 Å². The Hall–Kier alpha value is -1.00. The van der Waals surface area contributed by atoms with E-state index in [9.17, 15) is 0 Å². The average molecular weight is 289 g/mol. The Morgan fingerprint density at radius 3 is 2.71 bits per heavy atom. The predicted octanol–water partition coefficient (Wildman–Crippen LogP) is 3.27. The Morgan fingerprint density at radius 2 is 2.00 bits per heavy atom. The second kappa shape index (κ2) is 6.41. The molecular weight excluding hydrogens is 262 g/mol. The zero-order chi connectivity index (χ0) is 14.7. The first-order valence-corrected chi connectivity index (χ1v) is 8.38. The Balaban J connectivity index is 1.96. The van der Waals surface area contributed by atoms with E-state index in [2.05, 4.69) is 11.5 Å². The zero-order valence-corrected chi connectivity index (χ0v) is 13.3. The second-order valence-corrected chi connectivity index (χ2v) is 6.44. The highest BCUT2D eigenvalue weighted by atomic mass is 16.5. The van der Waals surface area contributed by atoms with E-state index in [0.29, 0.717) is 6.04 Å². The summed E-state index contributed by atoms with van der Waals surface area (Å²) in [4.78, 5) is 9.68. The third kappa shape index (κ3) is 2.84. The molecule has 1 atom stereocenters. The molecule has 1 N–H and O–H groups in total. The third-order valence-electron chi connectivity index (χ3n) is 5.24. The molecule has 0 bridgehead atoms. The van der Waals surface area contributed by atoms with E-state index >= 15 is 0 Å². The van der Waals surface area contributed by atoms with Crippen molar-refractivity contribution in [2.24, 2.45) is 0 Å². The van der Waals surface area contributed by atoms with Gasteiger partial charge in [0.2, 0.25) is 0 Å². The first-order valence-electron chi connectivity index (χ1n) is 8.38. The van der Waals surface area contributed by atoms with E-state index in [-0.39, 0.29) is 5.60 Å². The van der Waals surface area contributed by atoms with Gasteiger partial charge >= 0.3 is 0 Å². The lowest BCUT2D eigenvalue weighted by Gasteiger charge is -2.34. The van der Waals surface area contributed by atoms with Gasteiger partial charge in [0.05, 0.1) is 0 Å². The quantitative estimate of drug-likeness (QED) is 0.868. The molecular formula is C17H27N3O. The largest absolute Gasteiger partial charge is 0.370 e. The van der Waals surface area contributed by atoms with Crippen molar-refractivity contribution in [1.82, 2.24) is 15.3 Å². The van der Waals surface area contributed by atoms with Crippen LogP contribution in [-0.2, 0) is 16.8 Å². The van der Waals surface area contributed by atoms with Crippen LogP contribution in [-0.4, -0.2) is 24.1 Å². The van der Waals surface area contributed by atoms with Crippen LogP contribution in [0.4, 0.5) is 0 Å². The van der Waals surface area contributed by atoms with Crippen molar-refractivity contribution in [2.75, 3.05) is 14.2 Å². The van der Waals surface area contributed by atoms with Gasteiger partial charge in [-0.25, -0.2) is 9.97 Å². The van der Waals surface area contributed by atoms with Crippen molar-refractivity contribution < 1.29 is 4.74 Å². The molecule has 4 heteroatoms. The van der Waals surface area contributed by atoms with E-state index in [1.807, 2.05) is 14.2 Å². The summed E-state index contributed by atoms with van der Waals surface area (Å²) in [6.07, 6.45) is 12.6. The number of ether oxygens (including phenoxy) is 1. The van der Waals surface area contributed by atoms with Crippen LogP contribution in [0.15, 0.2) is 6.20 Å². The maximum absolute atomic E-state index is 5.90. The van der Waals surface area contributed by atoms with Crippen LogP contribution < -0.4 is 5.32 Å². The van der Waals surface area contributed by atoms with E-state index in [0.717, 1.165) is 25.1 Å². The van der Waals surface area contributed by atoms with Crippen LogP contribution in [0.1, 0.15) is 74.5 Å². The second-order valence-electron chi connectivity index (χ2n) is 6.44. The molecule has 1 heterocycles. The number of nitrogens with one attached hydrogen (secondary N) is 1. The number of hydrogen-bond acceptors (Lipinski definition) is 4. The van der Waals surface area contributed by atoms with Gasteiger partial charge in [-0.15, -0.1) is 0 Å². The van der Waals surface area contributed by atoms with Crippen LogP contribution in [0.3, 0.4) is 0 Å². The Labute approximate surface area is 127 Å². The molecule has 1 unspecified atom stereocenters. The number of hydrogen-bond donors (Lipinski definition) is 1. The molecule has 0 radical (unpaired) electrons. The fourth-order valence-corrected chi connectivity index (χ4v) is 3.88. The summed E-state index contributed by atoms with van der Waals surface area (Å²) in [5, 5.41) is 3.41. The van der Waals surface area contributed by atoms with Gasteiger partial charge in [0.1, 0.15) is 5.60 Å². The van der Waals surface area contributed by atoms with E-state index in [1.165, 1.54) is 49.8 Å². The highest BCUT2D eigenvalue weighted by Gasteiger charge is 2.37. The number of rotatable bonds is 3. The Kier molecular flexibility index (Phi) is 4.55. The van der Waals surface area contributed by atoms with Crippen LogP contribution in [0.2, 0.25) is 0 Å². The van der Waals surface area contributed by atoms with Crippen molar-refractivity contribution >= 4 is 0 Å². The van der Waals surface area contributed by atoms with Crippen LogP contribution in [0, 0.1) is 0 Å². The van der Waals surface area contributed by atoms with Gasteiger partial charge in [-0.3, -0.25) is 0 Å². The summed E-state index contributed by atoms with van der Waals surface area (Å²) in [6.45, 7) is 0. The molecule has 21 heavy (non-hydrogen) atoms. The summed E-state index contributed by atoms with van der Waals surface area (Å²) >= 11 is 0. The Bertz CT molecular complexity index is 483. The van der Waals surface area contributed by atoms with Crippen molar-refractivity contribution in [3.8, 4) is 0 Å². The first kappa shape index (κ1) is 14.9. The average Bonchev–Trinajstić information content (AvgIpc) is 2.76. The van der Waals surface area contributed by atoms with E-state index in [4.69, 9.17) is 14.7 Å². The molecule has 116 valence electrons. The topological polar surface area (TPSA) is 47.0 Å². The highest BCUT2D eigenvalue weighted by molar-refractivity contribution is 5.25. The lowest BCUT2D eigenvalue weighted by atomic mass is 9.83. The SMILES string of the molecule is CNC1CCCCc2nc(C3(OC)CCCCC3)ncc21. The predicted molar refractivity (Wildman–Crippen MR) is 83.2 cm³/mol. The van der Waals surface area contributed by atoms with Gasteiger partial charge in [-0.2, -0.15) is 0 Å². The molecule has 2 aliphatic rings. The molecule has 0 amide bonds.